The predicted octanol–water partition coefficient (Wildman–Crippen LogP) is -1.22. The fourth-order valence-electron chi connectivity index (χ4n) is 3.69. The molecule has 10 nitrogen and oxygen atoms in total. The van der Waals surface area contributed by atoms with Crippen molar-refractivity contribution in [3.8, 4) is 23.0 Å². The summed E-state index contributed by atoms with van der Waals surface area (Å²) in [7, 11) is 0. The smallest absolute Gasteiger partial charge is 0.211 e. The molecule has 7 N–H and O–H groups in total. The Morgan fingerprint density at radius 3 is 1.79 bits per heavy atom. The van der Waals surface area contributed by atoms with E-state index in [9.17, 15) is 35.4 Å². The van der Waals surface area contributed by atoms with E-state index in [0.29, 0.717) is 0 Å². The molecule has 0 spiro atoms. The first-order valence-corrected chi connectivity index (χ1v) is 8.28. The van der Waals surface area contributed by atoms with Gasteiger partial charge in [-0.3, -0.25) is 4.79 Å². The molecule has 0 bridgehead atoms. The van der Waals surface area contributed by atoms with Gasteiger partial charge in [0.15, 0.2) is 0 Å². The minimum absolute atomic E-state index is 0.0336. The SMILES string of the molecule is O=CNc1cc(O)cc(O)c1C1C([O-])C(c2c(O)cc(O)cc2NCO)C1[O-]. The average molecular weight is 390 g/mol. The van der Waals surface area contributed by atoms with Gasteiger partial charge >= 0.3 is 0 Å². The summed E-state index contributed by atoms with van der Waals surface area (Å²) in [6.45, 7) is -0.564. The molecular weight excluding hydrogens is 372 g/mol. The highest BCUT2D eigenvalue weighted by molar-refractivity contribution is 5.77. The second-order valence-corrected chi connectivity index (χ2v) is 6.43. The summed E-state index contributed by atoms with van der Waals surface area (Å²) in [5, 5.41) is 79.1. The van der Waals surface area contributed by atoms with Gasteiger partial charge in [-0.05, 0) is 11.8 Å². The monoisotopic (exact) mass is 390 g/mol. The second-order valence-electron chi connectivity index (χ2n) is 6.43. The zero-order chi connectivity index (χ0) is 20.6. The van der Waals surface area contributed by atoms with Crippen LogP contribution in [0.5, 0.6) is 23.0 Å². The van der Waals surface area contributed by atoms with Crippen LogP contribution in [0.2, 0.25) is 0 Å². The molecule has 0 aliphatic heterocycles. The van der Waals surface area contributed by atoms with Gasteiger partial charge < -0.3 is 46.4 Å². The molecule has 1 fully saturated rings. The van der Waals surface area contributed by atoms with E-state index in [1.165, 1.54) is 0 Å². The van der Waals surface area contributed by atoms with Crippen LogP contribution in [0.3, 0.4) is 0 Å². The Bertz CT molecular complexity index is 894. The fourth-order valence-corrected chi connectivity index (χ4v) is 3.69. The molecule has 0 aromatic heterocycles. The minimum atomic E-state index is -1.61. The summed E-state index contributed by atoms with van der Waals surface area (Å²) >= 11 is 0. The van der Waals surface area contributed by atoms with E-state index in [1.54, 1.807) is 0 Å². The summed E-state index contributed by atoms with van der Waals surface area (Å²) in [5.74, 6) is -4.19. The lowest BCUT2D eigenvalue weighted by molar-refractivity contribution is -0.536. The Morgan fingerprint density at radius 1 is 0.857 bits per heavy atom. The number of phenols is 4. The van der Waals surface area contributed by atoms with Gasteiger partial charge in [0.2, 0.25) is 6.41 Å². The van der Waals surface area contributed by atoms with Gasteiger partial charge in [0.25, 0.3) is 0 Å². The fraction of sp³-hybridized carbons (Fsp3) is 0.278. The van der Waals surface area contributed by atoms with E-state index in [-0.39, 0.29) is 40.4 Å². The molecule has 0 heterocycles. The molecule has 28 heavy (non-hydrogen) atoms. The molecular formula is C18H18N2O8-2. The normalized spacial score (nSPS) is 23.7. The van der Waals surface area contributed by atoms with E-state index in [4.69, 9.17) is 5.11 Å². The molecule has 3 rings (SSSR count). The molecule has 10 heteroatoms. The summed E-state index contributed by atoms with van der Waals surface area (Å²) < 4.78 is 0. The molecule has 1 saturated carbocycles. The maximum atomic E-state index is 12.9. The number of hydrogen-bond donors (Lipinski definition) is 7. The largest absolute Gasteiger partial charge is 0.851 e. The molecule has 2 aromatic carbocycles. The number of amides is 1. The molecule has 1 aliphatic rings. The molecule has 1 amide bonds. The number of nitrogens with one attached hydrogen (secondary N) is 2. The number of anilines is 2. The lowest BCUT2D eigenvalue weighted by Gasteiger charge is -2.62. The molecule has 0 saturated heterocycles. The summed E-state index contributed by atoms with van der Waals surface area (Å²) in [5.41, 5.74) is -0.185. The summed E-state index contributed by atoms with van der Waals surface area (Å²) in [4.78, 5) is 10.8. The van der Waals surface area contributed by atoms with Crippen molar-refractivity contribution in [2.45, 2.75) is 24.0 Å². The van der Waals surface area contributed by atoms with Crippen LogP contribution < -0.4 is 20.8 Å². The van der Waals surface area contributed by atoms with Crippen LogP contribution in [0.25, 0.3) is 0 Å². The topological polar surface area (TPSA) is 188 Å². The molecule has 2 unspecified atom stereocenters. The van der Waals surface area contributed by atoms with Crippen LogP contribution in [0.15, 0.2) is 24.3 Å². The van der Waals surface area contributed by atoms with Crippen LogP contribution in [-0.2, 0) is 4.79 Å². The highest BCUT2D eigenvalue weighted by Gasteiger charge is 2.43. The van der Waals surface area contributed by atoms with Crippen molar-refractivity contribution in [2.24, 2.45) is 0 Å². The van der Waals surface area contributed by atoms with Crippen LogP contribution in [-0.4, -0.2) is 50.9 Å². The van der Waals surface area contributed by atoms with Gasteiger partial charge in [-0.25, -0.2) is 0 Å². The van der Waals surface area contributed by atoms with Crippen LogP contribution >= 0.6 is 0 Å². The lowest BCUT2D eigenvalue weighted by atomic mass is 9.62. The summed E-state index contributed by atoms with van der Waals surface area (Å²) in [6.07, 6.45) is -2.94. The number of aliphatic hydroxyl groups excluding tert-OH is 1. The average Bonchev–Trinajstić information content (AvgIpc) is 2.61. The van der Waals surface area contributed by atoms with Gasteiger partial charge in [-0.1, -0.05) is 0 Å². The molecule has 2 atom stereocenters. The van der Waals surface area contributed by atoms with Gasteiger partial charge in [-0.2, -0.15) is 0 Å². The number of carbonyl (C=O) groups excluding carboxylic acids is 1. The zero-order valence-electron chi connectivity index (χ0n) is 14.4. The number of rotatable bonds is 6. The highest BCUT2D eigenvalue weighted by Crippen LogP contribution is 2.54. The van der Waals surface area contributed by atoms with Gasteiger partial charge in [0.1, 0.15) is 29.7 Å². The number of hydrogen-bond acceptors (Lipinski definition) is 9. The Balaban J connectivity index is 2.02. The second kappa shape index (κ2) is 7.43. The van der Waals surface area contributed by atoms with Crippen LogP contribution in [0.4, 0.5) is 11.4 Å². The van der Waals surface area contributed by atoms with Gasteiger partial charge in [-0.15, -0.1) is 12.2 Å². The van der Waals surface area contributed by atoms with E-state index < -0.39 is 42.3 Å². The number of benzene rings is 2. The van der Waals surface area contributed by atoms with Crippen molar-refractivity contribution in [3.05, 3.63) is 35.4 Å². The maximum absolute atomic E-state index is 12.9. The Hall–Kier alpha value is -3.21. The third kappa shape index (κ3) is 3.13. The maximum Gasteiger partial charge on any atom is 0.211 e. The number of carbonyl (C=O) groups is 1. The quantitative estimate of drug-likeness (QED) is 0.234. The zero-order valence-corrected chi connectivity index (χ0v) is 14.4. The van der Waals surface area contributed by atoms with Crippen LogP contribution in [0, 0.1) is 0 Å². The molecule has 0 radical (unpaired) electrons. The number of aliphatic hydroxyl groups is 1. The predicted molar refractivity (Wildman–Crippen MR) is 93.0 cm³/mol. The number of phenolic OH excluding ortho intramolecular Hbond substituents is 4. The van der Waals surface area contributed by atoms with Gasteiger partial charge in [0, 0.05) is 41.1 Å². The minimum Gasteiger partial charge on any atom is -0.851 e. The van der Waals surface area contributed by atoms with E-state index in [2.05, 4.69) is 10.6 Å². The molecule has 2 aromatic rings. The van der Waals surface area contributed by atoms with E-state index >= 15 is 0 Å². The molecule has 1 aliphatic carbocycles. The first-order chi connectivity index (χ1) is 13.3. The third-order valence-electron chi connectivity index (χ3n) is 4.85. The van der Waals surface area contributed by atoms with Crippen molar-refractivity contribution in [2.75, 3.05) is 17.4 Å². The Labute approximate surface area is 158 Å². The highest BCUT2D eigenvalue weighted by atomic mass is 16.3. The van der Waals surface area contributed by atoms with Crippen molar-refractivity contribution < 1.29 is 40.5 Å². The Kier molecular flexibility index (Phi) is 5.18. The van der Waals surface area contributed by atoms with E-state index in [1.807, 2.05) is 0 Å². The van der Waals surface area contributed by atoms with Crippen molar-refractivity contribution in [1.82, 2.24) is 0 Å². The third-order valence-corrected chi connectivity index (χ3v) is 4.85. The molecule has 150 valence electrons. The van der Waals surface area contributed by atoms with Crippen molar-refractivity contribution in [3.63, 3.8) is 0 Å². The van der Waals surface area contributed by atoms with Crippen molar-refractivity contribution >= 4 is 17.8 Å². The lowest BCUT2D eigenvalue weighted by Crippen LogP contribution is -2.63. The first-order valence-electron chi connectivity index (χ1n) is 8.28. The summed E-state index contributed by atoms with van der Waals surface area (Å²) in [6, 6.07) is 4.19. The van der Waals surface area contributed by atoms with E-state index in [0.717, 1.165) is 24.3 Å². The van der Waals surface area contributed by atoms with Crippen molar-refractivity contribution in [1.29, 1.82) is 0 Å². The van der Waals surface area contributed by atoms with Crippen LogP contribution in [0.1, 0.15) is 23.0 Å². The number of aromatic hydroxyl groups is 4. The first kappa shape index (κ1) is 19.5. The standard InChI is InChI=1S/C18H18N2O8/c21-5-19-9-1-7(23)3-11(25)13(9)15-17(27)16(18(15)28)14-10(20-6-22)2-8(24)4-12(14)26/h1-5,15-18,20,22-26H,6H2,(H,19,21)/q-2. The van der Waals surface area contributed by atoms with Gasteiger partial charge in [0.05, 0.1) is 5.69 Å². The Morgan fingerprint density at radius 2 is 1.32 bits per heavy atom.